The zero-order chi connectivity index (χ0) is 9.26. The molecule has 66 valence electrons. The van der Waals surface area contributed by atoms with E-state index < -0.39 is 0 Å². The Morgan fingerprint density at radius 1 is 1.31 bits per heavy atom. The molecule has 13 heavy (non-hydrogen) atoms. The van der Waals surface area contributed by atoms with Gasteiger partial charge in [0.2, 0.25) is 0 Å². The minimum Gasteiger partial charge on any atom is -0.252 e. The second kappa shape index (κ2) is 3.40. The minimum absolute atomic E-state index is 0.630. The van der Waals surface area contributed by atoms with E-state index in [9.17, 15) is 0 Å². The lowest BCUT2D eigenvalue weighted by Gasteiger charge is -1.92. The highest BCUT2D eigenvalue weighted by atomic mass is 35.5. The highest BCUT2D eigenvalue weighted by Crippen LogP contribution is 2.21. The maximum absolute atomic E-state index is 5.71. The van der Waals surface area contributed by atoms with Crippen molar-refractivity contribution in [3.8, 4) is 10.7 Å². The first-order valence-electron chi connectivity index (χ1n) is 3.68. The molecule has 0 aliphatic carbocycles. The van der Waals surface area contributed by atoms with E-state index in [4.69, 9.17) is 11.6 Å². The topological polar surface area (TPSA) is 38.7 Å². The fourth-order valence-corrected chi connectivity index (χ4v) is 1.68. The molecule has 2 aromatic rings. The summed E-state index contributed by atoms with van der Waals surface area (Å²) in [5.74, 6) is 0. The minimum atomic E-state index is 0.630. The molecule has 2 aromatic heterocycles. The average molecular weight is 212 g/mol. The van der Waals surface area contributed by atoms with E-state index in [1.54, 1.807) is 12.3 Å². The van der Waals surface area contributed by atoms with E-state index in [2.05, 4.69) is 15.2 Å². The molecule has 0 atom stereocenters. The summed E-state index contributed by atoms with van der Waals surface area (Å²) in [5.41, 5.74) is 0.815. The molecule has 2 rings (SSSR count). The number of halogens is 1. The van der Waals surface area contributed by atoms with Gasteiger partial charge in [-0.1, -0.05) is 22.9 Å². The second-order valence-corrected chi connectivity index (χ2v) is 4.11. The largest absolute Gasteiger partial charge is 0.252 e. The Morgan fingerprint density at radius 3 is 2.69 bits per heavy atom. The van der Waals surface area contributed by atoms with Gasteiger partial charge in [0.15, 0.2) is 5.01 Å². The van der Waals surface area contributed by atoms with Crippen LogP contribution in [0.15, 0.2) is 18.3 Å². The van der Waals surface area contributed by atoms with Crippen LogP contribution in [0.25, 0.3) is 10.7 Å². The highest BCUT2D eigenvalue weighted by Gasteiger charge is 2.04. The van der Waals surface area contributed by atoms with Crippen LogP contribution in [0.1, 0.15) is 5.01 Å². The van der Waals surface area contributed by atoms with Gasteiger partial charge in [-0.3, -0.25) is 4.98 Å². The molecule has 0 unspecified atom stereocenters. The molecule has 0 fully saturated rings. The molecule has 0 saturated heterocycles. The van der Waals surface area contributed by atoms with E-state index in [0.29, 0.717) is 5.02 Å². The van der Waals surface area contributed by atoms with Gasteiger partial charge in [-0.15, -0.1) is 10.2 Å². The van der Waals surface area contributed by atoms with E-state index in [0.717, 1.165) is 15.7 Å². The van der Waals surface area contributed by atoms with Crippen molar-refractivity contribution in [2.24, 2.45) is 0 Å². The van der Waals surface area contributed by atoms with E-state index in [1.807, 2.05) is 13.0 Å². The summed E-state index contributed by atoms with van der Waals surface area (Å²) in [7, 11) is 0. The monoisotopic (exact) mass is 211 g/mol. The molecule has 0 amide bonds. The molecule has 5 heteroatoms. The molecule has 0 radical (unpaired) electrons. The molecule has 0 aliphatic rings. The lowest BCUT2D eigenvalue weighted by molar-refractivity contribution is 1.05. The van der Waals surface area contributed by atoms with E-state index >= 15 is 0 Å². The third kappa shape index (κ3) is 1.84. The molecule has 0 spiro atoms. The predicted molar refractivity (Wildman–Crippen MR) is 52.9 cm³/mol. The first-order valence-corrected chi connectivity index (χ1v) is 4.87. The number of hydrogen-bond donors (Lipinski definition) is 0. The molecule has 2 heterocycles. The normalized spacial score (nSPS) is 10.3. The smallest absolute Gasteiger partial charge is 0.166 e. The van der Waals surface area contributed by atoms with Crippen LogP contribution in [-0.2, 0) is 0 Å². The number of hydrogen-bond acceptors (Lipinski definition) is 4. The highest BCUT2D eigenvalue weighted by molar-refractivity contribution is 7.14. The van der Waals surface area contributed by atoms with Gasteiger partial charge < -0.3 is 0 Å². The fraction of sp³-hybridized carbons (Fsp3) is 0.125. The fourth-order valence-electron chi connectivity index (χ4n) is 0.902. The Labute approximate surface area is 84.4 Å². The van der Waals surface area contributed by atoms with Gasteiger partial charge in [-0.05, 0) is 19.1 Å². The standard InChI is InChI=1S/C8H6ClN3S/c1-5-11-12-8(13-5)7-3-2-6(9)4-10-7/h2-4H,1H3. The maximum atomic E-state index is 5.71. The molecule has 0 saturated carbocycles. The molecule has 0 aromatic carbocycles. The zero-order valence-electron chi connectivity index (χ0n) is 6.86. The van der Waals surface area contributed by atoms with Crippen molar-refractivity contribution in [1.29, 1.82) is 0 Å². The van der Waals surface area contributed by atoms with Gasteiger partial charge in [0, 0.05) is 6.20 Å². The van der Waals surface area contributed by atoms with Crippen molar-refractivity contribution in [2.45, 2.75) is 6.92 Å². The number of aromatic nitrogens is 3. The SMILES string of the molecule is Cc1nnc(-c2ccc(Cl)cn2)s1. The molecule has 0 aliphatic heterocycles. The number of aryl methyl sites for hydroxylation is 1. The third-order valence-corrected chi connectivity index (χ3v) is 2.56. The summed E-state index contributed by atoms with van der Waals surface area (Å²) in [6.07, 6.45) is 1.60. The van der Waals surface area contributed by atoms with Crippen LogP contribution in [-0.4, -0.2) is 15.2 Å². The van der Waals surface area contributed by atoms with Crippen LogP contribution < -0.4 is 0 Å². The van der Waals surface area contributed by atoms with Crippen LogP contribution >= 0.6 is 22.9 Å². The summed E-state index contributed by atoms with van der Waals surface area (Å²) in [6.45, 7) is 1.91. The maximum Gasteiger partial charge on any atom is 0.166 e. The van der Waals surface area contributed by atoms with Crippen LogP contribution in [0.3, 0.4) is 0 Å². The summed E-state index contributed by atoms with van der Waals surface area (Å²) in [6, 6.07) is 3.63. The summed E-state index contributed by atoms with van der Waals surface area (Å²) >= 11 is 7.23. The van der Waals surface area contributed by atoms with Crippen LogP contribution in [0.5, 0.6) is 0 Å². The van der Waals surface area contributed by atoms with Gasteiger partial charge in [0.1, 0.15) is 10.7 Å². The van der Waals surface area contributed by atoms with Crippen molar-refractivity contribution in [2.75, 3.05) is 0 Å². The van der Waals surface area contributed by atoms with Crippen LogP contribution in [0, 0.1) is 6.92 Å². The Balaban J connectivity index is 2.41. The molecule has 0 N–H and O–H groups in total. The van der Waals surface area contributed by atoms with Crippen molar-refractivity contribution in [3.63, 3.8) is 0 Å². The molecule has 3 nitrogen and oxygen atoms in total. The number of rotatable bonds is 1. The zero-order valence-corrected chi connectivity index (χ0v) is 8.43. The number of nitrogens with zero attached hydrogens (tertiary/aromatic N) is 3. The van der Waals surface area contributed by atoms with E-state index in [1.165, 1.54) is 11.3 Å². The first-order chi connectivity index (χ1) is 6.25. The Kier molecular flexibility index (Phi) is 2.24. The quantitative estimate of drug-likeness (QED) is 0.728. The van der Waals surface area contributed by atoms with Gasteiger partial charge in [0.05, 0.1) is 5.02 Å². The lowest BCUT2D eigenvalue weighted by atomic mass is 10.4. The van der Waals surface area contributed by atoms with Crippen LogP contribution in [0.2, 0.25) is 5.02 Å². The van der Waals surface area contributed by atoms with Crippen molar-refractivity contribution < 1.29 is 0 Å². The Hall–Kier alpha value is -1.00. The average Bonchev–Trinajstić information content (AvgIpc) is 2.53. The molecule has 0 bridgehead atoms. The van der Waals surface area contributed by atoms with Crippen molar-refractivity contribution in [3.05, 3.63) is 28.4 Å². The second-order valence-electron chi connectivity index (χ2n) is 2.49. The molecular weight excluding hydrogens is 206 g/mol. The van der Waals surface area contributed by atoms with Gasteiger partial charge in [0.25, 0.3) is 0 Å². The van der Waals surface area contributed by atoms with Gasteiger partial charge >= 0.3 is 0 Å². The predicted octanol–water partition coefficient (Wildman–Crippen LogP) is 2.56. The first kappa shape index (κ1) is 8.59. The lowest BCUT2D eigenvalue weighted by Crippen LogP contribution is -1.81. The third-order valence-electron chi connectivity index (χ3n) is 1.47. The summed E-state index contributed by atoms with van der Waals surface area (Å²) in [5, 5.41) is 10.3. The summed E-state index contributed by atoms with van der Waals surface area (Å²) in [4.78, 5) is 4.14. The Morgan fingerprint density at radius 2 is 2.15 bits per heavy atom. The summed E-state index contributed by atoms with van der Waals surface area (Å²) < 4.78 is 0. The van der Waals surface area contributed by atoms with Crippen LogP contribution in [0.4, 0.5) is 0 Å². The number of pyridine rings is 1. The van der Waals surface area contributed by atoms with Crippen molar-refractivity contribution in [1.82, 2.24) is 15.2 Å². The van der Waals surface area contributed by atoms with Gasteiger partial charge in [-0.25, -0.2) is 0 Å². The van der Waals surface area contributed by atoms with Crippen molar-refractivity contribution >= 4 is 22.9 Å². The molecular formula is C8H6ClN3S. The van der Waals surface area contributed by atoms with E-state index in [-0.39, 0.29) is 0 Å². The van der Waals surface area contributed by atoms with Gasteiger partial charge in [-0.2, -0.15) is 0 Å². The Bertz CT molecular complexity index is 410.